The minimum atomic E-state index is -0.470. The van der Waals surface area contributed by atoms with Crippen LogP contribution in [0.15, 0.2) is 17.1 Å². The predicted octanol–water partition coefficient (Wildman–Crippen LogP) is 1.64. The molecule has 0 saturated carbocycles. The summed E-state index contributed by atoms with van der Waals surface area (Å²) in [5, 5.41) is 8.96. The van der Waals surface area contributed by atoms with Gasteiger partial charge in [-0.15, -0.1) is 0 Å². The van der Waals surface area contributed by atoms with Gasteiger partial charge in [-0.3, -0.25) is 4.99 Å². The summed E-state index contributed by atoms with van der Waals surface area (Å²) in [6.45, 7) is 9.38. The van der Waals surface area contributed by atoms with Crippen LogP contribution in [0.25, 0.3) is 0 Å². The van der Waals surface area contributed by atoms with Gasteiger partial charge in [0.1, 0.15) is 5.60 Å². The number of carbonyl (C=O) groups excluding carboxylic acids is 1. The molecule has 0 saturated heterocycles. The van der Waals surface area contributed by atoms with E-state index in [1.54, 1.807) is 7.05 Å². The Kier molecular flexibility index (Phi) is 9.24. The van der Waals surface area contributed by atoms with Crippen molar-refractivity contribution >= 4 is 12.1 Å². The van der Waals surface area contributed by atoms with Gasteiger partial charge in [-0.25, -0.2) is 4.79 Å². The van der Waals surface area contributed by atoms with E-state index in [0.717, 1.165) is 18.9 Å². The minimum absolute atomic E-state index is 0.407. The molecule has 0 rings (SSSR count). The van der Waals surface area contributed by atoms with Crippen molar-refractivity contribution in [2.45, 2.75) is 39.7 Å². The Labute approximate surface area is 122 Å². The zero-order chi connectivity index (χ0) is 15.4. The Morgan fingerprint density at radius 2 is 1.75 bits per heavy atom. The van der Waals surface area contributed by atoms with E-state index in [2.05, 4.69) is 27.0 Å². The van der Waals surface area contributed by atoms with Crippen molar-refractivity contribution in [3.8, 4) is 0 Å². The predicted molar refractivity (Wildman–Crippen MR) is 83.0 cm³/mol. The van der Waals surface area contributed by atoms with Crippen LogP contribution in [0.4, 0.5) is 4.79 Å². The number of allylic oxidation sites excluding steroid dienone is 1. The third-order valence-corrected chi connectivity index (χ3v) is 2.15. The smallest absolute Gasteiger partial charge is 0.407 e. The summed E-state index contributed by atoms with van der Waals surface area (Å²) < 4.78 is 5.13. The Bertz CT molecular complexity index is 333. The maximum Gasteiger partial charge on any atom is 0.407 e. The molecule has 0 heterocycles. The van der Waals surface area contributed by atoms with E-state index in [1.807, 2.05) is 33.8 Å². The van der Waals surface area contributed by atoms with E-state index >= 15 is 0 Å². The SMILES string of the molecule is C/C=C/CCNC(=NC)NCCNC(=O)OC(C)(C)C. The molecule has 0 aliphatic carbocycles. The summed E-state index contributed by atoms with van der Waals surface area (Å²) in [4.78, 5) is 15.5. The van der Waals surface area contributed by atoms with Gasteiger partial charge in [0.15, 0.2) is 5.96 Å². The van der Waals surface area contributed by atoms with Crippen molar-refractivity contribution in [1.82, 2.24) is 16.0 Å². The number of hydrogen-bond acceptors (Lipinski definition) is 3. The van der Waals surface area contributed by atoms with Crippen molar-refractivity contribution in [2.24, 2.45) is 4.99 Å². The number of hydrogen-bond donors (Lipinski definition) is 3. The normalized spacial score (nSPS) is 12.3. The standard InChI is InChI=1S/C14H28N4O2/c1-6-7-8-9-16-12(15-5)17-10-11-18-13(19)20-14(2,3)4/h6-7H,8-11H2,1-5H3,(H,18,19)(H2,15,16,17)/b7-6+. The van der Waals surface area contributed by atoms with Crippen molar-refractivity contribution in [2.75, 3.05) is 26.7 Å². The van der Waals surface area contributed by atoms with Crippen LogP contribution in [-0.4, -0.2) is 44.3 Å². The van der Waals surface area contributed by atoms with E-state index in [0.29, 0.717) is 13.1 Å². The third kappa shape index (κ3) is 11.4. The highest BCUT2D eigenvalue weighted by Crippen LogP contribution is 2.05. The quantitative estimate of drug-likeness (QED) is 0.300. The summed E-state index contributed by atoms with van der Waals surface area (Å²) >= 11 is 0. The van der Waals surface area contributed by atoms with E-state index in [-0.39, 0.29) is 0 Å². The number of rotatable bonds is 6. The highest BCUT2D eigenvalue weighted by molar-refractivity contribution is 5.79. The average Bonchev–Trinajstić information content (AvgIpc) is 2.34. The third-order valence-electron chi connectivity index (χ3n) is 2.15. The fraction of sp³-hybridized carbons (Fsp3) is 0.714. The van der Waals surface area contributed by atoms with Gasteiger partial charge in [-0.1, -0.05) is 12.2 Å². The summed E-state index contributed by atoms with van der Waals surface area (Å²) in [7, 11) is 1.71. The molecule has 3 N–H and O–H groups in total. The van der Waals surface area contributed by atoms with Gasteiger partial charge in [0, 0.05) is 26.7 Å². The largest absolute Gasteiger partial charge is 0.444 e. The Morgan fingerprint density at radius 3 is 2.30 bits per heavy atom. The van der Waals surface area contributed by atoms with E-state index in [4.69, 9.17) is 4.74 Å². The second kappa shape index (κ2) is 10.1. The number of ether oxygens (including phenoxy) is 1. The molecular formula is C14H28N4O2. The lowest BCUT2D eigenvalue weighted by molar-refractivity contribution is 0.0529. The zero-order valence-corrected chi connectivity index (χ0v) is 13.2. The lowest BCUT2D eigenvalue weighted by Crippen LogP contribution is -2.42. The molecule has 0 atom stereocenters. The highest BCUT2D eigenvalue weighted by Gasteiger charge is 2.15. The fourth-order valence-corrected chi connectivity index (χ4v) is 1.32. The number of nitrogens with zero attached hydrogens (tertiary/aromatic N) is 1. The van der Waals surface area contributed by atoms with Crippen LogP contribution in [0, 0.1) is 0 Å². The number of alkyl carbamates (subject to hydrolysis) is 1. The first kappa shape index (κ1) is 18.3. The van der Waals surface area contributed by atoms with Gasteiger partial charge in [-0.05, 0) is 34.1 Å². The van der Waals surface area contributed by atoms with E-state index in [1.165, 1.54) is 0 Å². The van der Waals surface area contributed by atoms with Gasteiger partial charge in [0.25, 0.3) is 0 Å². The van der Waals surface area contributed by atoms with Crippen molar-refractivity contribution in [3.63, 3.8) is 0 Å². The van der Waals surface area contributed by atoms with Crippen LogP contribution < -0.4 is 16.0 Å². The topological polar surface area (TPSA) is 74.8 Å². The molecule has 0 aromatic heterocycles. The fourth-order valence-electron chi connectivity index (χ4n) is 1.32. The van der Waals surface area contributed by atoms with E-state index in [9.17, 15) is 4.79 Å². The molecule has 1 amide bonds. The van der Waals surface area contributed by atoms with Crippen molar-refractivity contribution in [1.29, 1.82) is 0 Å². The Morgan fingerprint density at radius 1 is 1.15 bits per heavy atom. The van der Waals surface area contributed by atoms with Gasteiger partial charge < -0.3 is 20.7 Å². The molecule has 0 aromatic rings. The van der Waals surface area contributed by atoms with Crippen LogP contribution in [0.3, 0.4) is 0 Å². The summed E-state index contributed by atoms with van der Waals surface area (Å²) in [5.41, 5.74) is -0.470. The van der Waals surface area contributed by atoms with Gasteiger partial charge >= 0.3 is 6.09 Å². The zero-order valence-electron chi connectivity index (χ0n) is 13.2. The van der Waals surface area contributed by atoms with Crippen LogP contribution in [0.2, 0.25) is 0 Å². The molecule has 0 unspecified atom stereocenters. The minimum Gasteiger partial charge on any atom is -0.444 e. The molecule has 6 nitrogen and oxygen atoms in total. The molecule has 0 aromatic carbocycles. The molecule has 0 fully saturated rings. The first-order chi connectivity index (χ1) is 9.39. The lowest BCUT2D eigenvalue weighted by Gasteiger charge is -2.19. The highest BCUT2D eigenvalue weighted by atomic mass is 16.6. The lowest BCUT2D eigenvalue weighted by atomic mass is 10.2. The second-order valence-corrected chi connectivity index (χ2v) is 5.21. The van der Waals surface area contributed by atoms with Crippen LogP contribution in [0.5, 0.6) is 0 Å². The van der Waals surface area contributed by atoms with Crippen LogP contribution in [0.1, 0.15) is 34.1 Å². The maximum absolute atomic E-state index is 11.4. The number of amides is 1. The van der Waals surface area contributed by atoms with Gasteiger partial charge in [0.2, 0.25) is 0 Å². The van der Waals surface area contributed by atoms with Crippen molar-refractivity contribution in [3.05, 3.63) is 12.2 Å². The Balaban J connectivity index is 3.73. The molecule has 6 heteroatoms. The molecule has 0 bridgehead atoms. The van der Waals surface area contributed by atoms with Crippen LogP contribution >= 0.6 is 0 Å². The number of aliphatic imine (C=N–C) groups is 1. The van der Waals surface area contributed by atoms with Gasteiger partial charge in [0.05, 0.1) is 0 Å². The number of guanidine groups is 1. The first-order valence-electron chi connectivity index (χ1n) is 6.91. The van der Waals surface area contributed by atoms with Gasteiger partial charge in [-0.2, -0.15) is 0 Å². The molecule has 20 heavy (non-hydrogen) atoms. The number of carbonyl (C=O) groups is 1. The number of nitrogens with one attached hydrogen (secondary N) is 3. The molecule has 0 aliphatic rings. The van der Waals surface area contributed by atoms with Crippen LogP contribution in [-0.2, 0) is 4.74 Å². The van der Waals surface area contributed by atoms with E-state index < -0.39 is 11.7 Å². The monoisotopic (exact) mass is 284 g/mol. The summed E-state index contributed by atoms with van der Waals surface area (Å²) in [5.74, 6) is 0.723. The summed E-state index contributed by atoms with van der Waals surface area (Å²) in [6, 6.07) is 0. The van der Waals surface area contributed by atoms with Crippen molar-refractivity contribution < 1.29 is 9.53 Å². The molecular weight excluding hydrogens is 256 g/mol. The average molecular weight is 284 g/mol. The molecule has 0 radical (unpaired) electrons. The molecule has 0 aliphatic heterocycles. The molecule has 0 spiro atoms. The maximum atomic E-state index is 11.4. The first-order valence-corrected chi connectivity index (χ1v) is 6.91. The Hall–Kier alpha value is -1.72. The second-order valence-electron chi connectivity index (χ2n) is 5.21. The molecule has 116 valence electrons. The summed E-state index contributed by atoms with van der Waals surface area (Å²) in [6.07, 6.45) is 4.65.